The molecule has 0 amide bonds. The summed E-state index contributed by atoms with van der Waals surface area (Å²) in [7, 11) is -1.63. The third-order valence-corrected chi connectivity index (χ3v) is 9.35. The van der Waals surface area contributed by atoms with E-state index in [9.17, 15) is 4.79 Å². The van der Waals surface area contributed by atoms with Crippen LogP contribution >= 0.6 is 0 Å². The van der Waals surface area contributed by atoms with Crippen LogP contribution in [0.25, 0.3) is 0 Å². The van der Waals surface area contributed by atoms with Gasteiger partial charge in [-0.15, -0.1) is 0 Å². The molecule has 0 fully saturated rings. The van der Waals surface area contributed by atoms with Gasteiger partial charge < -0.3 is 14.0 Å². The van der Waals surface area contributed by atoms with E-state index in [1.54, 1.807) is 0 Å². The summed E-state index contributed by atoms with van der Waals surface area (Å²) in [5, 5.41) is 0. The SMILES string of the molecule is CC[Si](CC)(CC)O[C@H](CCC=O)CCOCc1ccccc1. The maximum absolute atomic E-state index is 10.7. The minimum absolute atomic E-state index is 0.155. The van der Waals surface area contributed by atoms with Crippen LogP contribution in [0.15, 0.2) is 30.3 Å². The van der Waals surface area contributed by atoms with Crippen molar-refractivity contribution in [3.05, 3.63) is 35.9 Å². The molecule has 0 spiro atoms. The third kappa shape index (κ3) is 7.42. The average molecular weight is 337 g/mol. The van der Waals surface area contributed by atoms with E-state index in [4.69, 9.17) is 9.16 Å². The molecule has 0 saturated carbocycles. The Kier molecular flexibility index (Phi) is 10.1. The number of carbonyl (C=O) groups excluding carboxylic acids is 1. The maximum Gasteiger partial charge on any atom is 0.192 e. The highest BCUT2D eigenvalue weighted by atomic mass is 28.4. The molecule has 0 N–H and O–H groups in total. The van der Waals surface area contributed by atoms with Gasteiger partial charge in [-0.3, -0.25) is 0 Å². The van der Waals surface area contributed by atoms with Crippen molar-refractivity contribution in [3.63, 3.8) is 0 Å². The summed E-state index contributed by atoms with van der Waals surface area (Å²) in [6, 6.07) is 13.6. The first-order chi connectivity index (χ1) is 11.2. The van der Waals surface area contributed by atoms with Crippen LogP contribution < -0.4 is 0 Å². The monoisotopic (exact) mass is 336 g/mol. The van der Waals surface area contributed by atoms with Crippen LogP contribution in [0, 0.1) is 0 Å². The minimum atomic E-state index is -1.63. The molecule has 1 aromatic rings. The Bertz CT molecular complexity index is 410. The van der Waals surface area contributed by atoms with E-state index >= 15 is 0 Å². The average Bonchev–Trinajstić information content (AvgIpc) is 2.61. The van der Waals surface area contributed by atoms with Crippen molar-refractivity contribution in [1.29, 1.82) is 0 Å². The fraction of sp³-hybridized carbons (Fsp3) is 0.632. The molecule has 1 atom stereocenters. The summed E-state index contributed by atoms with van der Waals surface area (Å²) >= 11 is 0. The van der Waals surface area contributed by atoms with E-state index in [0.717, 1.165) is 37.3 Å². The third-order valence-electron chi connectivity index (χ3n) is 4.65. The Morgan fingerprint density at radius 2 is 1.70 bits per heavy atom. The highest BCUT2D eigenvalue weighted by Gasteiger charge is 2.31. The quantitative estimate of drug-likeness (QED) is 0.290. The van der Waals surface area contributed by atoms with Crippen LogP contribution in [0.3, 0.4) is 0 Å². The lowest BCUT2D eigenvalue weighted by Crippen LogP contribution is -2.40. The molecule has 0 unspecified atom stereocenters. The number of carbonyl (C=O) groups is 1. The van der Waals surface area contributed by atoms with Crippen molar-refractivity contribution in [2.45, 2.75) is 70.9 Å². The number of aldehydes is 1. The molecule has 0 aliphatic carbocycles. The van der Waals surface area contributed by atoms with E-state index in [0.29, 0.717) is 19.6 Å². The standard InChI is InChI=1S/C19H32O3Si/c1-4-23(5-2,6-3)22-19(13-10-15-20)14-16-21-17-18-11-8-7-9-12-18/h7-9,11-12,15,19H,4-6,10,13-14,16-17H2,1-3H3/t19-/m1/s1. The molecule has 1 aromatic carbocycles. The first-order valence-electron chi connectivity index (χ1n) is 8.92. The molecule has 0 bridgehead atoms. The first-order valence-corrected chi connectivity index (χ1v) is 11.5. The van der Waals surface area contributed by atoms with Gasteiger partial charge in [0.25, 0.3) is 0 Å². The number of ether oxygens (including phenoxy) is 1. The molecular formula is C19H32O3Si. The van der Waals surface area contributed by atoms with E-state index in [1.165, 1.54) is 5.56 Å². The van der Waals surface area contributed by atoms with E-state index in [-0.39, 0.29) is 6.10 Å². The molecule has 4 heteroatoms. The van der Waals surface area contributed by atoms with Gasteiger partial charge in [0, 0.05) is 19.1 Å². The Hall–Kier alpha value is -0.973. The van der Waals surface area contributed by atoms with Crippen molar-refractivity contribution in [1.82, 2.24) is 0 Å². The summed E-state index contributed by atoms with van der Waals surface area (Å²) in [5.74, 6) is 0. The van der Waals surface area contributed by atoms with Gasteiger partial charge >= 0.3 is 0 Å². The molecule has 0 aromatic heterocycles. The van der Waals surface area contributed by atoms with Crippen LogP contribution in [0.5, 0.6) is 0 Å². The van der Waals surface area contributed by atoms with Gasteiger partial charge in [-0.05, 0) is 36.5 Å². The Morgan fingerprint density at radius 3 is 2.26 bits per heavy atom. The molecular weight excluding hydrogens is 304 g/mol. The normalized spacial score (nSPS) is 13.0. The van der Waals surface area contributed by atoms with Crippen molar-refractivity contribution in [2.24, 2.45) is 0 Å². The molecule has 0 aliphatic rings. The van der Waals surface area contributed by atoms with Crippen LogP contribution in [0.2, 0.25) is 18.1 Å². The molecule has 0 radical (unpaired) electrons. The largest absolute Gasteiger partial charge is 0.414 e. The number of hydrogen-bond acceptors (Lipinski definition) is 3. The van der Waals surface area contributed by atoms with Crippen molar-refractivity contribution in [2.75, 3.05) is 6.61 Å². The Labute approximate surface area is 142 Å². The topological polar surface area (TPSA) is 35.5 Å². The molecule has 3 nitrogen and oxygen atoms in total. The van der Waals surface area contributed by atoms with Gasteiger partial charge in [-0.1, -0.05) is 51.1 Å². The summed E-state index contributed by atoms with van der Waals surface area (Å²) in [4.78, 5) is 10.7. The van der Waals surface area contributed by atoms with Crippen molar-refractivity contribution in [3.8, 4) is 0 Å². The second-order valence-electron chi connectivity index (χ2n) is 6.05. The van der Waals surface area contributed by atoms with Crippen LogP contribution in [-0.4, -0.2) is 27.3 Å². The zero-order valence-corrected chi connectivity index (χ0v) is 15.9. The molecule has 23 heavy (non-hydrogen) atoms. The van der Waals surface area contributed by atoms with Crippen molar-refractivity contribution < 1.29 is 14.0 Å². The predicted molar refractivity (Wildman–Crippen MR) is 98.1 cm³/mol. The fourth-order valence-electron chi connectivity index (χ4n) is 2.85. The van der Waals surface area contributed by atoms with Crippen LogP contribution in [-0.2, 0) is 20.6 Å². The number of benzene rings is 1. The van der Waals surface area contributed by atoms with Gasteiger partial charge in [0.05, 0.1) is 6.61 Å². The predicted octanol–water partition coefficient (Wildman–Crippen LogP) is 4.96. The van der Waals surface area contributed by atoms with Crippen LogP contribution in [0.4, 0.5) is 0 Å². The van der Waals surface area contributed by atoms with Gasteiger partial charge in [-0.2, -0.15) is 0 Å². The van der Waals surface area contributed by atoms with Crippen LogP contribution in [0.1, 0.15) is 45.6 Å². The fourth-order valence-corrected chi connectivity index (χ4v) is 5.79. The lowest BCUT2D eigenvalue weighted by Gasteiger charge is -2.33. The van der Waals surface area contributed by atoms with E-state index in [1.807, 2.05) is 18.2 Å². The van der Waals surface area contributed by atoms with Gasteiger partial charge in [0.2, 0.25) is 0 Å². The Morgan fingerprint density at radius 1 is 1.04 bits per heavy atom. The Balaban J connectivity index is 2.45. The highest BCUT2D eigenvalue weighted by Crippen LogP contribution is 2.25. The van der Waals surface area contributed by atoms with E-state index < -0.39 is 8.32 Å². The van der Waals surface area contributed by atoms with Crippen molar-refractivity contribution >= 4 is 14.6 Å². The second kappa shape index (κ2) is 11.5. The summed E-state index contributed by atoms with van der Waals surface area (Å²) in [6.07, 6.45) is 3.41. The van der Waals surface area contributed by atoms with Gasteiger partial charge in [-0.25, -0.2) is 0 Å². The second-order valence-corrected chi connectivity index (χ2v) is 10.8. The minimum Gasteiger partial charge on any atom is -0.414 e. The number of hydrogen-bond donors (Lipinski definition) is 0. The lowest BCUT2D eigenvalue weighted by molar-refractivity contribution is -0.108. The maximum atomic E-state index is 10.7. The van der Waals surface area contributed by atoms with E-state index in [2.05, 4.69) is 32.9 Å². The summed E-state index contributed by atoms with van der Waals surface area (Å²) in [6.45, 7) is 8.03. The first kappa shape index (κ1) is 20.1. The molecule has 130 valence electrons. The smallest absolute Gasteiger partial charge is 0.192 e. The van der Waals surface area contributed by atoms with Gasteiger partial charge in [0.15, 0.2) is 8.32 Å². The number of rotatable bonds is 13. The molecule has 0 saturated heterocycles. The summed E-state index contributed by atoms with van der Waals surface area (Å²) < 4.78 is 12.3. The molecule has 1 rings (SSSR count). The zero-order valence-electron chi connectivity index (χ0n) is 14.9. The zero-order chi connectivity index (χ0) is 17.0. The molecule has 0 heterocycles. The highest BCUT2D eigenvalue weighted by molar-refractivity contribution is 6.73. The molecule has 0 aliphatic heterocycles. The van der Waals surface area contributed by atoms with Gasteiger partial charge in [0.1, 0.15) is 6.29 Å². The lowest BCUT2D eigenvalue weighted by atomic mass is 10.1. The summed E-state index contributed by atoms with van der Waals surface area (Å²) in [5.41, 5.74) is 1.19.